The fourth-order valence-corrected chi connectivity index (χ4v) is 2.25. The van der Waals surface area contributed by atoms with Crippen LogP contribution in [0.1, 0.15) is 26.7 Å². The molecule has 0 saturated carbocycles. The summed E-state index contributed by atoms with van der Waals surface area (Å²) in [4.78, 5) is 13.3. The molecule has 0 aliphatic carbocycles. The van der Waals surface area contributed by atoms with E-state index in [4.69, 9.17) is 5.11 Å². The molecule has 1 fully saturated rings. The number of halogens is 3. The van der Waals surface area contributed by atoms with Crippen molar-refractivity contribution in [2.75, 3.05) is 19.6 Å². The Balaban J connectivity index is 2.81. The summed E-state index contributed by atoms with van der Waals surface area (Å²) >= 11 is 0. The van der Waals surface area contributed by atoms with Crippen LogP contribution in [0.2, 0.25) is 0 Å². The van der Waals surface area contributed by atoms with Gasteiger partial charge in [0.1, 0.15) is 0 Å². The predicted octanol–water partition coefficient (Wildman–Crippen LogP) is 0.900. The van der Waals surface area contributed by atoms with Crippen LogP contribution in [-0.2, 0) is 4.79 Å². The van der Waals surface area contributed by atoms with Gasteiger partial charge in [0, 0.05) is 19.6 Å². The number of aliphatic hydroxyl groups excluding tert-OH is 1. The molecule has 1 aliphatic rings. The Hall–Kier alpha value is -0.820. The molecule has 2 atom stereocenters. The Morgan fingerprint density at radius 1 is 1.56 bits per heavy atom. The minimum absolute atomic E-state index is 0.273. The average Bonchev–Trinajstić information content (AvgIpc) is 2.24. The van der Waals surface area contributed by atoms with E-state index >= 15 is 0 Å². The maximum absolute atomic E-state index is 12.4. The molecule has 18 heavy (non-hydrogen) atoms. The smallest absolute Gasteiger partial charge is 0.382 e. The van der Waals surface area contributed by atoms with Crippen molar-refractivity contribution < 1.29 is 23.1 Å². The van der Waals surface area contributed by atoms with E-state index in [1.54, 1.807) is 6.92 Å². The van der Waals surface area contributed by atoms with E-state index in [1.165, 1.54) is 4.90 Å². The van der Waals surface area contributed by atoms with Crippen molar-refractivity contribution in [1.82, 2.24) is 10.2 Å². The third-order valence-electron chi connectivity index (χ3n) is 3.36. The molecule has 1 aliphatic heterocycles. The number of hydrogen-bond acceptors (Lipinski definition) is 3. The number of β-amino-alcohol motifs (C(OH)–C–C–N with tert-alkyl or cyclic N) is 1. The quantitative estimate of drug-likeness (QED) is 0.796. The first kappa shape index (κ1) is 15.2. The summed E-state index contributed by atoms with van der Waals surface area (Å²) in [5.41, 5.74) is -0.973. The Labute approximate surface area is 104 Å². The molecule has 1 saturated heterocycles. The van der Waals surface area contributed by atoms with Gasteiger partial charge in [-0.25, -0.2) is 0 Å². The normalized spacial score (nSPS) is 28.0. The first-order chi connectivity index (χ1) is 8.21. The van der Waals surface area contributed by atoms with Crippen LogP contribution in [-0.4, -0.2) is 53.4 Å². The van der Waals surface area contributed by atoms with E-state index in [9.17, 15) is 18.0 Å². The zero-order chi connectivity index (χ0) is 14.0. The van der Waals surface area contributed by atoms with Crippen LogP contribution >= 0.6 is 0 Å². The molecule has 4 nitrogen and oxygen atoms in total. The van der Waals surface area contributed by atoms with Crippen molar-refractivity contribution in [2.24, 2.45) is 0 Å². The van der Waals surface area contributed by atoms with Gasteiger partial charge in [0.25, 0.3) is 0 Å². The fraction of sp³-hybridized carbons (Fsp3) is 0.909. The van der Waals surface area contributed by atoms with Gasteiger partial charge in [0.15, 0.2) is 6.10 Å². The molecular weight excluding hydrogens is 249 g/mol. The van der Waals surface area contributed by atoms with Gasteiger partial charge in [-0.2, -0.15) is 13.2 Å². The molecule has 1 heterocycles. The maximum atomic E-state index is 12.4. The Bertz CT molecular complexity index is 309. The van der Waals surface area contributed by atoms with Gasteiger partial charge in [0.2, 0.25) is 5.91 Å². The Kier molecular flexibility index (Phi) is 4.61. The van der Waals surface area contributed by atoms with Crippen molar-refractivity contribution in [3.05, 3.63) is 0 Å². The van der Waals surface area contributed by atoms with E-state index < -0.39 is 24.4 Å². The SMILES string of the molecule is CCC[C@@]1(C)C(=O)NCCN1C[C@H](O)C(F)(F)F. The minimum Gasteiger partial charge on any atom is -0.382 e. The Morgan fingerprint density at radius 3 is 2.67 bits per heavy atom. The molecule has 2 N–H and O–H groups in total. The molecule has 0 spiro atoms. The minimum atomic E-state index is -4.65. The summed E-state index contributed by atoms with van der Waals surface area (Å²) in [7, 11) is 0. The molecular formula is C11H19F3N2O2. The number of nitrogens with one attached hydrogen (secondary N) is 1. The molecule has 0 radical (unpaired) electrons. The van der Waals surface area contributed by atoms with Crippen LogP contribution in [0, 0.1) is 0 Å². The highest BCUT2D eigenvalue weighted by atomic mass is 19.4. The first-order valence-electron chi connectivity index (χ1n) is 6.00. The highest BCUT2D eigenvalue weighted by molar-refractivity contribution is 5.86. The molecule has 0 aromatic heterocycles. The highest BCUT2D eigenvalue weighted by Gasteiger charge is 2.46. The number of carbonyl (C=O) groups is 1. The lowest BCUT2D eigenvalue weighted by Gasteiger charge is -2.44. The van der Waals surface area contributed by atoms with Gasteiger partial charge in [-0.15, -0.1) is 0 Å². The molecule has 106 valence electrons. The maximum Gasteiger partial charge on any atom is 0.415 e. The predicted molar refractivity (Wildman–Crippen MR) is 60.0 cm³/mol. The lowest BCUT2D eigenvalue weighted by molar-refractivity contribution is -0.212. The van der Waals surface area contributed by atoms with Crippen LogP contribution in [0.3, 0.4) is 0 Å². The summed E-state index contributed by atoms with van der Waals surface area (Å²) in [6.07, 6.45) is -5.92. The van der Waals surface area contributed by atoms with Crippen LogP contribution in [0.15, 0.2) is 0 Å². The molecule has 1 rings (SSSR count). The topological polar surface area (TPSA) is 52.6 Å². The number of amides is 1. The van der Waals surface area contributed by atoms with Gasteiger partial charge >= 0.3 is 6.18 Å². The second-order valence-electron chi connectivity index (χ2n) is 4.78. The molecule has 0 unspecified atom stereocenters. The van der Waals surface area contributed by atoms with Crippen molar-refractivity contribution in [1.29, 1.82) is 0 Å². The van der Waals surface area contributed by atoms with Crippen LogP contribution in [0.25, 0.3) is 0 Å². The van der Waals surface area contributed by atoms with Gasteiger partial charge in [0.05, 0.1) is 5.54 Å². The van der Waals surface area contributed by atoms with E-state index in [1.807, 2.05) is 6.92 Å². The van der Waals surface area contributed by atoms with Crippen LogP contribution in [0.4, 0.5) is 13.2 Å². The largest absolute Gasteiger partial charge is 0.415 e. The zero-order valence-corrected chi connectivity index (χ0v) is 10.5. The molecule has 7 heteroatoms. The summed E-state index contributed by atoms with van der Waals surface area (Å²) < 4.78 is 37.1. The lowest BCUT2D eigenvalue weighted by atomic mass is 9.90. The van der Waals surface area contributed by atoms with Crippen LogP contribution in [0.5, 0.6) is 0 Å². The number of hydrogen-bond donors (Lipinski definition) is 2. The number of alkyl halides is 3. The van der Waals surface area contributed by atoms with Crippen molar-refractivity contribution in [2.45, 2.75) is 44.5 Å². The van der Waals surface area contributed by atoms with E-state index in [-0.39, 0.29) is 5.91 Å². The summed E-state index contributed by atoms with van der Waals surface area (Å²) in [5, 5.41) is 11.8. The number of aliphatic hydroxyl groups is 1. The zero-order valence-electron chi connectivity index (χ0n) is 10.5. The van der Waals surface area contributed by atoms with Crippen molar-refractivity contribution in [3.8, 4) is 0 Å². The number of nitrogens with zero attached hydrogens (tertiary/aromatic N) is 1. The first-order valence-corrected chi connectivity index (χ1v) is 6.00. The second-order valence-corrected chi connectivity index (χ2v) is 4.78. The molecule has 0 bridgehead atoms. The van der Waals surface area contributed by atoms with Gasteiger partial charge in [-0.1, -0.05) is 13.3 Å². The summed E-state index contributed by atoms with van der Waals surface area (Å²) in [6, 6.07) is 0. The third-order valence-corrected chi connectivity index (χ3v) is 3.36. The van der Waals surface area contributed by atoms with E-state index in [0.717, 1.165) is 0 Å². The molecule has 1 amide bonds. The number of carbonyl (C=O) groups excluding carboxylic acids is 1. The number of rotatable bonds is 4. The van der Waals surface area contributed by atoms with Gasteiger partial charge in [-0.05, 0) is 13.3 Å². The third kappa shape index (κ3) is 3.14. The van der Waals surface area contributed by atoms with Gasteiger partial charge in [-0.3, -0.25) is 9.69 Å². The van der Waals surface area contributed by atoms with Crippen LogP contribution < -0.4 is 5.32 Å². The van der Waals surface area contributed by atoms with Gasteiger partial charge < -0.3 is 10.4 Å². The average molecular weight is 268 g/mol. The van der Waals surface area contributed by atoms with Crippen molar-refractivity contribution in [3.63, 3.8) is 0 Å². The molecule has 0 aromatic carbocycles. The summed E-state index contributed by atoms with van der Waals surface area (Å²) in [6.45, 7) is 3.55. The fourth-order valence-electron chi connectivity index (χ4n) is 2.25. The van der Waals surface area contributed by atoms with E-state index in [2.05, 4.69) is 5.32 Å². The van der Waals surface area contributed by atoms with Crippen molar-refractivity contribution >= 4 is 5.91 Å². The van der Waals surface area contributed by atoms with E-state index in [0.29, 0.717) is 25.9 Å². The standard InChI is InChI=1S/C11H19F3N2O2/c1-3-4-10(2)9(18)15-5-6-16(10)7-8(17)11(12,13)14/h8,17H,3-7H2,1-2H3,(H,15,18)/t8-,10-/m0/s1. The monoisotopic (exact) mass is 268 g/mol. The summed E-state index contributed by atoms with van der Waals surface area (Å²) in [5.74, 6) is -0.273. The Morgan fingerprint density at radius 2 is 2.17 bits per heavy atom. The highest BCUT2D eigenvalue weighted by Crippen LogP contribution is 2.27. The number of piperazine rings is 1. The lowest BCUT2D eigenvalue weighted by Crippen LogP contribution is -2.65. The molecule has 0 aromatic rings. The second kappa shape index (κ2) is 5.44.